The first-order valence-electron chi connectivity index (χ1n) is 9.78. The van der Waals surface area contributed by atoms with Gasteiger partial charge in [0.1, 0.15) is 5.82 Å². The molecule has 1 aliphatic heterocycles. The summed E-state index contributed by atoms with van der Waals surface area (Å²) in [4.78, 5) is 4.51. The predicted molar refractivity (Wildman–Crippen MR) is 104 cm³/mol. The van der Waals surface area contributed by atoms with Crippen LogP contribution in [0.4, 0.5) is 19.0 Å². The summed E-state index contributed by atoms with van der Waals surface area (Å²) in [6.07, 6.45) is -2.53. The molecule has 0 amide bonds. The number of fused-ring (bicyclic) bond motifs is 1. The van der Waals surface area contributed by atoms with Crippen molar-refractivity contribution in [3.8, 4) is 0 Å². The topological polar surface area (TPSA) is 49.6 Å². The van der Waals surface area contributed by atoms with Crippen molar-refractivity contribution in [2.75, 3.05) is 24.5 Å². The molecule has 6 nitrogen and oxygen atoms in total. The van der Waals surface area contributed by atoms with Crippen molar-refractivity contribution in [1.82, 2.24) is 24.7 Å². The molecule has 0 bridgehead atoms. The molecule has 0 spiro atoms. The molecule has 0 aliphatic carbocycles. The second kappa shape index (κ2) is 7.98. The fourth-order valence-corrected chi connectivity index (χ4v) is 3.86. The maximum Gasteiger partial charge on any atom is 0.453 e. The first-order chi connectivity index (χ1) is 14.0. The Balaban J connectivity index is 1.55. The van der Waals surface area contributed by atoms with Gasteiger partial charge in [-0.2, -0.15) is 17.7 Å². The molecule has 1 unspecified atom stereocenters. The second-order valence-corrected chi connectivity index (χ2v) is 7.33. The molecule has 4 rings (SSSR count). The van der Waals surface area contributed by atoms with Crippen molar-refractivity contribution in [3.05, 3.63) is 53.9 Å². The van der Waals surface area contributed by atoms with Crippen LogP contribution >= 0.6 is 0 Å². The van der Waals surface area contributed by atoms with Gasteiger partial charge in [-0.3, -0.25) is 4.90 Å². The number of halogens is 3. The second-order valence-electron chi connectivity index (χ2n) is 7.33. The highest BCUT2D eigenvalue weighted by molar-refractivity contribution is 5.46. The summed E-state index contributed by atoms with van der Waals surface area (Å²) in [7, 11) is 0. The Bertz CT molecular complexity index is 956. The van der Waals surface area contributed by atoms with Crippen LogP contribution in [0.3, 0.4) is 0 Å². The van der Waals surface area contributed by atoms with Crippen LogP contribution in [0.15, 0.2) is 42.5 Å². The summed E-state index contributed by atoms with van der Waals surface area (Å²) >= 11 is 0. The van der Waals surface area contributed by atoms with Crippen LogP contribution in [0, 0.1) is 0 Å². The Morgan fingerprint density at radius 1 is 1.03 bits per heavy atom. The number of piperazine rings is 1. The van der Waals surface area contributed by atoms with Gasteiger partial charge in [-0.1, -0.05) is 43.7 Å². The van der Waals surface area contributed by atoms with Crippen molar-refractivity contribution >= 4 is 11.5 Å². The lowest BCUT2D eigenvalue weighted by molar-refractivity contribution is -0.146. The Morgan fingerprint density at radius 3 is 2.55 bits per heavy atom. The molecule has 3 aromatic rings. The number of aromatic nitrogens is 4. The molecular weight excluding hydrogens is 381 g/mol. The average Bonchev–Trinajstić information content (AvgIpc) is 3.14. The molecule has 1 aromatic carbocycles. The van der Waals surface area contributed by atoms with Gasteiger partial charge in [0.25, 0.3) is 5.82 Å². The third-order valence-electron chi connectivity index (χ3n) is 5.28. The lowest BCUT2D eigenvalue weighted by atomic mass is 10.1. The number of nitrogens with zero attached hydrogens (tertiary/aromatic N) is 6. The predicted octanol–water partition coefficient (Wildman–Crippen LogP) is 3.63. The third-order valence-corrected chi connectivity index (χ3v) is 5.28. The normalized spacial score (nSPS) is 18.5. The van der Waals surface area contributed by atoms with Gasteiger partial charge in [-0.15, -0.1) is 15.3 Å². The maximum atomic E-state index is 13.2. The quantitative estimate of drug-likeness (QED) is 0.650. The van der Waals surface area contributed by atoms with E-state index in [4.69, 9.17) is 0 Å². The van der Waals surface area contributed by atoms with Crippen LogP contribution in [0.5, 0.6) is 0 Å². The Labute approximate surface area is 166 Å². The van der Waals surface area contributed by atoms with Gasteiger partial charge in [-0.25, -0.2) is 0 Å². The number of anilines is 1. The molecule has 1 aliphatic rings. The number of benzene rings is 1. The van der Waals surface area contributed by atoms with Crippen LogP contribution in [-0.4, -0.2) is 50.4 Å². The number of alkyl halides is 3. The van der Waals surface area contributed by atoms with E-state index in [2.05, 4.69) is 44.2 Å². The van der Waals surface area contributed by atoms with E-state index in [0.29, 0.717) is 18.4 Å². The van der Waals surface area contributed by atoms with E-state index in [9.17, 15) is 13.2 Å². The van der Waals surface area contributed by atoms with Gasteiger partial charge in [-0.05, 0) is 24.1 Å². The van der Waals surface area contributed by atoms with Gasteiger partial charge in [0, 0.05) is 32.2 Å². The van der Waals surface area contributed by atoms with Gasteiger partial charge in [0.15, 0.2) is 5.65 Å². The molecule has 9 heteroatoms. The van der Waals surface area contributed by atoms with Crippen molar-refractivity contribution in [1.29, 1.82) is 0 Å². The van der Waals surface area contributed by atoms with Crippen LogP contribution in [0.2, 0.25) is 0 Å². The fourth-order valence-electron chi connectivity index (χ4n) is 3.86. The van der Waals surface area contributed by atoms with Crippen LogP contribution < -0.4 is 4.90 Å². The largest absolute Gasteiger partial charge is 0.453 e. The number of rotatable bonds is 5. The SMILES string of the molecule is CCCC1CN(c2ccc3nnc(C(F)(F)F)n3n2)CCN1Cc1ccccc1. The first kappa shape index (κ1) is 19.6. The smallest absolute Gasteiger partial charge is 0.352 e. The van der Waals surface area contributed by atoms with Crippen LogP contribution in [-0.2, 0) is 12.7 Å². The van der Waals surface area contributed by atoms with E-state index in [0.717, 1.165) is 37.0 Å². The van der Waals surface area contributed by atoms with Crippen LogP contribution in [0.25, 0.3) is 5.65 Å². The van der Waals surface area contributed by atoms with E-state index >= 15 is 0 Å². The third kappa shape index (κ3) is 4.19. The maximum absolute atomic E-state index is 13.2. The lowest BCUT2D eigenvalue weighted by Gasteiger charge is -2.42. The zero-order valence-corrected chi connectivity index (χ0v) is 16.2. The molecule has 1 saturated heterocycles. The molecule has 1 atom stereocenters. The number of hydrogen-bond acceptors (Lipinski definition) is 5. The molecule has 2 aromatic heterocycles. The summed E-state index contributed by atoms with van der Waals surface area (Å²) in [5, 5.41) is 11.0. The molecule has 0 N–H and O–H groups in total. The van der Waals surface area contributed by atoms with E-state index in [1.807, 2.05) is 18.2 Å². The Hall–Kier alpha value is -2.68. The van der Waals surface area contributed by atoms with Gasteiger partial charge in [0.05, 0.1) is 0 Å². The van der Waals surface area contributed by atoms with E-state index in [1.165, 1.54) is 11.6 Å². The van der Waals surface area contributed by atoms with Crippen LogP contribution in [0.1, 0.15) is 31.2 Å². The number of hydrogen-bond donors (Lipinski definition) is 0. The minimum atomic E-state index is -4.59. The highest BCUT2D eigenvalue weighted by Crippen LogP contribution is 2.28. The molecule has 3 heterocycles. The summed E-state index contributed by atoms with van der Waals surface area (Å²) in [5.74, 6) is -0.578. The van der Waals surface area contributed by atoms with Crippen molar-refractivity contribution in [2.45, 2.75) is 38.5 Å². The zero-order valence-electron chi connectivity index (χ0n) is 16.2. The molecule has 154 valence electrons. The minimum absolute atomic E-state index is 0.0916. The Kier molecular flexibility index (Phi) is 5.40. The van der Waals surface area contributed by atoms with Gasteiger partial charge < -0.3 is 4.90 Å². The summed E-state index contributed by atoms with van der Waals surface area (Å²) in [6.45, 7) is 5.28. The molecule has 0 radical (unpaired) electrons. The molecule has 29 heavy (non-hydrogen) atoms. The molecular formula is C20H23F3N6. The summed E-state index contributed by atoms with van der Waals surface area (Å²) in [5.41, 5.74) is 1.36. The molecule has 1 fully saturated rings. The average molecular weight is 404 g/mol. The zero-order chi connectivity index (χ0) is 20.4. The highest BCUT2D eigenvalue weighted by Gasteiger charge is 2.38. The van der Waals surface area contributed by atoms with Gasteiger partial charge >= 0.3 is 6.18 Å². The van der Waals surface area contributed by atoms with E-state index < -0.39 is 12.0 Å². The molecule has 0 saturated carbocycles. The first-order valence-corrected chi connectivity index (χ1v) is 9.78. The summed E-state index contributed by atoms with van der Waals surface area (Å²) < 4.78 is 40.3. The van der Waals surface area contributed by atoms with Crippen molar-refractivity contribution in [3.63, 3.8) is 0 Å². The summed E-state index contributed by atoms with van der Waals surface area (Å²) in [6, 6.07) is 13.9. The van der Waals surface area contributed by atoms with E-state index in [-0.39, 0.29) is 5.65 Å². The van der Waals surface area contributed by atoms with E-state index in [1.54, 1.807) is 6.07 Å². The highest BCUT2D eigenvalue weighted by atomic mass is 19.4. The van der Waals surface area contributed by atoms with Gasteiger partial charge in [0.2, 0.25) is 0 Å². The minimum Gasteiger partial charge on any atom is -0.352 e. The van der Waals surface area contributed by atoms with Crippen molar-refractivity contribution in [2.24, 2.45) is 0 Å². The monoisotopic (exact) mass is 404 g/mol. The fraction of sp³-hybridized carbons (Fsp3) is 0.450. The van der Waals surface area contributed by atoms with Crippen molar-refractivity contribution < 1.29 is 13.2 Å². The standard InChI is InChI=1S/C20H23F3N6/c1-2-6-16-14-28(12-11-27(16)13-15-7-4-3-5-8-15)18-10-9-17-24-25-19(20(21,22)23)29(17)26-18/h3-5,7-10,16H,2,6,11-14H2,1H3. The Morgan fingerprint density at radius 2 is 1.83 bits per heavy atom. The lowest BCUT2D eigenvalue weighted by Crippen LogP contribution is -2.53.